The Hall–Kier alpha value is -2.24. The van der Waals surface area contributed by atoms with Crippen molar-refractivity contribution in [3.05, 3.63) is 23.8 Å². The van der Waals surface area contributed by atoms with Gasteiger partial charge in [0.25, 0.3) is 0 Å². The Kier molecular flexibility index (Phi) is 5.25. The van der Waals surface area contributed by atoms with Crippen LogP contribution < -0.4 is 14.8 Å². The monoisotopic (exact) mass is 307 g/mol. The Labute approximate surface area is 129 Å². The maximum atomic E-state index is 12.0. The number of ether oxygens (including phenoxy) is 2. The fourth-order valence-corrected chi connectivity index (χ4v) is 2.53. The van der Waals surface area contributed by atoms with E-state index in [0.29, 0.717) is 37.5 Å². The predicted molar refractivity (Wildman–Crippen MR) is 79.9 cm³/mol. The maximum absolute atomic E-state index is 12.0. The van der Waals surface area contributed by atoms with E-state index in [0.717, 1.165) is 5.56 Å². The number of aliphatic carboxylic acids is 1. The van der Waals surface area contributed by atoms with Gasteiger partial charge in [0, 0.05) is 6.54 Å². The van der Waals surface area contributed by atoms with Gasteiger partial charge in [-0.15, -0.1) is 0 Å². The van der Waals surface area contributed by atoms with Gasteiger partial charge in [-0.3, -0.25) is 9.59 Å². The first kappa shape index (κ1) is 16.1. The number of carbonyl (C=O) groups is 2. The van der Waals surface area contributed by atoms with Crippen LogP contribution in [0.1, 0.15) is 25.3 Å². The third kappa shape index (κ3) is 3.50. The van der Waals surface area contributed by atoms with Crippen LogP contribution in [0.25, 0.3) is 0 Å². The molecule has 0 heterocycles. The zero-order valence-corrected chi connectivity index (χ0v) is 12.8. The highest BCUT2D eigenvalue weighted by molar-refractivity contribution is 5.86. The zero-order chi connectivity index (χ0) is 16.1. The van der Waals surface area contributed by atoms with Gasteiger partial charge in [-0.1, -0.05) is 6.07 Å². The van der Waals surface area contributed by atoms with Crippen molar-refractivity contribution < 1.29 is 24.2 Å². The number of benzene rings is 1. The van der Waals surface area contributed by atoms with Gasteiger partial charge in [-0.05, 0) is 37.5 Å². The second-order valence-corrected chi connectivity index (χ2v) is 5.26. The molecule has 120 valence electrons. The normalized spacial score (nSPS) is 19.9. The topological polar surface area (TPSA) is 84.9 Å². The summed E-state index contributed by atoms with van der Waals surface area (Å²) in [4.78, 5) is 22.9. The minimum absolute atomic E-state index is 0.202. The Morgan fingerprint density at radius 3 is 2.55 bits per heavy atom. The van der Waals surface area contributed by atoms with Crippen LogP contribution in [-0.4, -0.2) is 30.7 Å². The Bertz CT molecular complexity index is 557. The molecule has 1 aliphatic carbocycles. The summed E-state index contributed by atoms with van der Waals surface area (Å²) in [6.07, 6.45) is 1.21. The van der Waals surface area contributed by atoms with Gasteiger partial charge in [-0.25, -0.2) is 0 Å². The quantitative estimate of drug-likeness (QED) is 0.802. The molecule has 1 aromatic rings. The largest absolute Gasteiger partial charge is 0.493 e. The van der Waals surface area contributed by atoms with Crippen LogP contribution in [0.15, 0.2) is 18.2 Å². The summed E-state index contributed by atoms with van der Waals surface area (Å²) < 4.78 is 10.7. The lowest BCUT2D eigenvalue weighted by molar-refractivity contribution is -0.152. The van der Waals surface area contributed by atoms with Gasteiger partial charge in [0.15, 0.2) is 11.5 Å². The molecule has 0 bridgehead atoms. The van der Waals surface area contributed by atoms with E-state index in [1.807, 2.05) is 13.0 Å². The molecule has 22 heavy (non-hydrogen) atoms. The molecule has 6 heteroatoms. The molecule has 2 unspecified atom stereocenters. The molecule has 0 saturated heterocycles. The number of hydrogen-bond donors (Lipinski definition) is 2. The standard InChI is InChI=1S/C16H21NO5/c1-3-22-13-7-4-10(8-14(13)21-2)9-17-15(18)11-5-6-12(11)16(19)20/h4,7-8,11-12H,3,5-6,9H2,1-2H3,(H,17,18)(H,19,20). The van der Waals surface area contributed by atoms with Crippen molar-refractivity contribution in [3.8, 4) is 11.5 Å². The lowest BCUT2D eigenvalue weighted by atomic mass is 9.73. The van der Waals surface area contributed by atoms with Crippen LogP contribution in [0.5, 0.6) is 11.5 Å². The molecular formula is C16H21NO5. The number of carboxylic acid groups (broad SMARTS) is 1. The molecule has 1 amide bonds. The zero-order valence-electron chi connectivity index (χ0n) is 12.8. The van der Waals surface area contributed by atoms with Crippen molar-refractivity contribution in [1.29, 1.82) is 0 Å². The number of carboxylic acids is 1. The highest BCUT2D eigenvalue weighted by atomic mass is 16.5. The van der Waals surface area contributed by atoms with Crippen molar-refractivity contribution in [2.45, 2.75) is 26.3 Å². The highest BCUT2D eigenvalue weighted by Gasteiger charge is 2.41. The van der Waals surface area contributed by atoms with E-state index < -0.39 is 17.8 Å². The molecule has 1 fully saturated rings. The second-order valence-electron chi connectivity index (χ2n) is 5.26. The number of rotatable bonds is 7. The summed E-state index contributed by atoms with van der Waals surface area (Å²) in [5, 5.41) is 11.8. The fraction of sp³-hybridized carbons (Fsp3) is 0.500. The van der Waals surface area contributed by atoms with E-state index in [-0.39, 0.29) is 5.91 Å². The number of amides is 1. The number of hydrogen-bond acceptors (Lipinski definition) is 4. The van der Waals surface area contributed by atoms with E-state index in [4.69, 9.17) is 14.6 Å². The van der Waals surface area contributed by atoms with Crippen LogP contribution >= 0.6 is 0 Å². The molecule has 0 aromatic heterocycles. The Morgan fingerprint density at radius 1 is 1.27 bits per heavy atom. The van der Waals surface area contributed by atoms with E-state index in [1.165, 1.54) is 0 Å². The van der Waals surface area contributed by atoms with Crippen LogP contribution in [0.2, 0.25) is 0 Å². The molecule has 0 spiro atoms. The highest BCUT2D eigenvalue weighted by Crippen LogP contribution is 2.34. The Morgan fingerprint density at radius 2 is 2.00 bits per heavy atom. The van der Waals surface area contributed by atoms with Crippen LogP contribution in [0, 0.1) is 11.8 Å². The molecule has 6 nitrogen and oxygen atoms in total. The third-order valence-corrected chi connectivity index (χ3v) is 3.92. The van der Waals surface area contributed by atoms with Gasteiger partial charge < -0.3 is 19.9 Å². The average Bonchev–Trinajstić information content (AvgIpc) is 2.44. The first-order valence-corrected chi connectivity index (χ1v) is 7.37. The summed E-state index contributed by atoms with van der Waals surface area (Å²) in [5.41, 5.74) is 0.875. The molecule has 1 saturated carbocycles. The molecule has 2 rings (SSSR count). The molecular weight excluding hydrogens is 286 g/mol. The van der Waals surface area contributed by atoms with Gasteiger partial charge in [0.1, 0.15) is 0 Å². The summed E-state index contributed by atoms with van der Waals surface area (Å²) in [7, 11) is 1.56. The molecule has 1 aromatic carbocycles. The van der Waals surface area contributed by atoms with Gasteiger partial charge in [-0.2, -0.15) is 0 Å². The van der Waals surface area contributed by atoms with Crippen molar-refractivity contribution in [2.24, 2.45) is 11.8 Å². The molecule has 2 atom stereocenters. The lowest BCUT2D eigenvalue weighted by Crippen LogP contribution is -2.43. The van der Waals surface area contributed by atoms with Crippen molar-refractivity contribution >= 4 is 11.9 Å². The third-order valence-electron chi connectivity index (χ3n) is 3.92. The Balaban J connectivity index is 1.94. The number of nitrogens with one attached hydrogen (secondary N) is 1. The van der Waals surface area contributed by atoms with Gasteiger partial charge >= 0.3 is 5.97 Å². The minimum atomic E-state index is -0.894. The molecule has 2 N–H and O–H groups in total. The van der Waals surface area contributed by atoms with E-state index in [2.05, 4.69) is 5.32 Å². The van der Waals surface area contributed by atoms with Gasteiger partial charge in [0.2, 0.25) is 5.91 Å². The minimum Gasteiger partial charge on any atom is -0.493 e. The number of methoxy groups -OCH3 is 1. The van der Waals surface area contributed by atoms with Gasteiger partial charge in [0.05, 0.1) is 25.6 Å². The van der Waals surface area contributed by atoms with Crippen LogP contribution in [0.4, 0.5) is 0 Å². The molecule has 0 radical (unpaired) electrons. The number of carbonyl (C=O) groups excluding carboxylic acids is 1. The maximum Gasteiger partial charge on any atom is 0.307 e. The molecule has 1 aliphatic rings. The lowest BCUT2D eigenvalue weighted by Gasteiger charge is -2.31. The van der Waals surface area contributed by atoms with Crippen molar-refractivity contribution in [3.63, 3.8) is 0 Å². The van der Waals surface area contributed by atoms with E-state index >= 15 is 0 Å². The summed E-state index contributed by atoms with van der Waals surface area (Å²) in [6, 6.07) is 5.46. The summed E-state index contributed by atoms with van der Waals surface area (Å²) >= 11 is 0. The first-order valence-electron chi connectivity index (χ1n) is 7.37. The predicted octanol–water partition coefficient (Wildman–Crippen LogP) is 1.82. The fourth-order valence-electron chi connectivity index (χ4n) is 2.53. The molecule has 0 aliphatic heterocycles. The smallest absolute Gasteiger partial charge is 0.307 e. The summed E-state index contributed by atoms with van der Waals surface area (Å²) in [6.45, 7) is 2.78. The van der Waals surface area contributed by atoms with Crippen LogP contribution in [0.3, 0.4) is 0 Å². The van der Waals surface area contributed by atoms with Crippen molar-refractivity contribution in [1.82, 2.24) is 5.32 Å². The van der Waals surface area contributed by atoms with Crippen LogP contribution in [-0.2, 0) is 16.1 Å². The SMILES string of the molecule is CCOc1ccc(CNC(=O)C2CCC2C(=O)O)cc1OC. The van der Waals surface area contributed by atoms with E-state index in [1.54, 1.807) is 19.2 Å². The summed E-state index contributed by atoms with van der Waals surface area (Å²) in [5.74, 6) is -0.789. The first-order chi connectivity index (χ1) is 10.6. The van der Waals surface area contributed by atoms with Crippen molar-refractivity contribution in [2.75, 3.05) is 13.7 Å². The van der Waals surface area contributed by atoms with E-state index in [9.17, 15) is 9.59 Å². The second kappa shape index (κ2) is 7.15. The average molecular weight is 307 g/mol.